The third-order valence-electron chi connectivity index (χ3n) is 5.08. The molecule has 1 N–H and O–H groups in total. The van der Waals surface area contributed by atoms with E-state index in [1.807, 2.05) is 48.5 Å². The van der Waals surface area contributed by atoms with Crippen LogP contribution in [-0.4, -0.2) is 5.91 Å². The molecule has 0 aliphatic rings. The molecule has 0 atom stereocenters. The molecule has 0 heterocycles. The molecular formula is C25H29NO. The van der Waals surface area contributed by atoms with E-state index in [0.29, 0.717) is 5.56 Å². The van der Waals surface area contributed by atoms with Gasteiger partial charge >= 0.3 is 0 Å². The van der Waals surface area contributed by atoms with Gasteiger partial charge in [0.25, 0.3) is 5.91 Å². The predicted octanol–water partition coefficient (Wildman–Crippen LogP) is 7.00. The van der Waals surface area contributed by atoms with E-state index in [9.17, 15) is 4.79 Å². The zero-order valence-electron chi connectivity index (χ0n) is 16.2. The van der Waals surface area contributed by atoms with E-state index in [-0.39, 0.29) is 5.91 Å². The van der Waals surface area contributed by atoms with Crippen molar-refractivity contribution in [1.29, 1.82) is 0 Å². The summed E-state index contributed by atoms with van der Waals surface area (Å²) in [4.78, 5) is 12.7. The van der Waals surface area contributed by atoms with Gasteiger partial charge in [-0.25, -0.2) is 0 Å². The highest BCUT2D eigenvalue weighted by Gasteiger charge is 2.09. The van der Waals surface area contributed by atoms with Gasteiger partial charge in [0.15, 0.2) is 0 Å². The van der Waals surface area contributed by atoms with Gasteiger partial charge in [-0.2, -0.15) is 0 Å². The van der Waals surface area contributed by atoms with Crippen molar-refractivity contribution in [2.24, 2.45) is 0 Å². The summed E-state index contributed by atoms with van der Waals surface area (Å²) >= 11 is 0. The molecule has 3 aromatic carbocycles. The molecule has 0 saturated carbocycles. The fourth-order valence-electron chi connectivity index (χ4n) is 3.48. The molecule has 0 spiro atoms. The number of aryl methyl sites for hydroxylation is 1. The van der Waals surface area contributed by atoms with Gasteiger partial charge in [-0.3, -0.25) is 4.79 Å². The number of para-hydroxylation sites is 1. The summed E-state index contributed by atoms with van der Waals surface area (Å²) in [5, 5.41) is 5.35. The number of hydrogen-bond donors (Lipinski definition) is 1. The molecule has 0 aliphatic heterocycles. The summed E-state index contributed by atoms with van der Waals surface area (Å²) in [5.41, 5.74) is 2.86. The normalized spacial score (nSPS) is 10.9. The Hall–Kier alpha value is -2.61. The molecule has 27 heavy (non-hydrogen) atoms. The fourth-order valence-corrected chi connectivity index (χ4v) is 3.48. The van der Waals surface area contributed by atoms with Gasteiger partial charge in [0.05, 0.1) is 0 Å². The van der Waals surface area contributed by atoms with Crippen molar-refractivity contribution in [1.82, 2.24) is 0 Å². The fraction of sp³-hybridized carbons (Fsp3) is 0.320. The second kappa shape index (κ2) is 9.91. The summed E-state index contributed by atoms with van der Waals surface area (Å²) in [6.45, 7) is 2.24. The molecule has 2 nitrogen and oxygen atoms in total. The first-order valence-electron chi connectivity index (χ1n) is 10.2. The minimum Gasteiger partial charge on any atom is -0.322 e. The van der Waals surface area contributed by atoms with Gasteiger partial charge in [0.1, 0.15) is 0 Å². The average molecular weight is 360 g/mol. The van der Waals surface area contributed by atoms with Crippen molar-refractivity contribution in [2.75, 3.05) is 5.32 Å². The number of anilines is 1. The van der Waals surface area contributed by atoms with Gasteiger partial charge in [-0.05, 0) is 47.4 Å². The molecular weight excluding hydrogens is 330 g/mol. The van der Waals surface area contributed by atoms with Crippen LogP contribution in [0.3, 0.4) is 0 Å². The van der Waals surface area contributed by atoms with Gasteiger partial charge in [-0.1, -0.05) is 87.6 Å². The van der Waals surface area contributed by atoms with Crippen molar-refractivity contribution < 1.29 is 4.79 Å². The second-order valence-electron chi connectivity index (χ2n) is 7.19. The lowest BCUT2D eigenvalue weighted by Gasteiger charge is -2.11. The maximum Gasteiger partial charge on any atom is 0.255 e. The van der Waals surface area contributed by atoms with Crippen LogP contribution in [0.1, 0.15) is 61.4 Å². The lowest BCUT2D eigenvalue weighted by molar-refractivity contribution is 0.102. The van der Waals surface area contributed by atoms with E-state index in [1.165, 1.54) is 44.1 Å². The minimum atomic E-state index is -0.0452. The molecule has 1 amide bonds. The first-order valence-corrected chi connectivity index (χ1v) is 10.2. The smallest absolute Gasteiger partial charge is 0.255 e. The van der Waals surface area contributed by atoms with Gasteiger partial charge in [-0.15, -0.1) is 0 Å². The Morgan fingerprint density at radius 1 is 0.778 bits per heavy atom. The zero-order valence-corrected chi connectivity index (χ0v) is 16.2. The third-order valence-corrected chi connectivity index (χ3v) is 5.08. The molecule has 0 unspecified atom stereocenters. The summed E-state index contributed by atoms with van der Waals surface area (Å²) in [6.07, 6.45) is 8.69. The largest absolute Gasteiger partial charge is 0.322 e. The number of nitrogens with one attached hydrogen (secondary N) is 1. The van der Waals surface area contributed by atoms with E-state index in [2.05, 4.69) is 30.4 Å². The van der Waals surface area contributed by atoms with Gasteiger partial charge in [0.2, 0.25) is 0 Å². The minimum absolute atomic E-state index is 0.0452. The maximum absolute atomic E-state index is 12.7. The number of fused-ring (bicyclic) bond motifs is 1. The Morgan fingerprint density at radius 3 is 2.33 bits per heavy atom. The molecule has 140 valence electrons. The van der Waals surface area contributed by atoms with Crippen molar-refractivity contribution in [3.63, 3.8) is 0 Å². The Bertz CT molecular complexity index is 884. The summed E-state index contributed by atoms with van der Waals surface area (Å²) < 4.78 is 0. The van der Waals surface area contributed by atoms with Crippen LogP contribution >= 0.6 is 0 Å². The van der Waals surface area contributed by atoms with Crippen molar-refractivity contribution >= 4 is 22.4 Å². The van der Waals surface area contributed by atoms with Crippen molar-refractivity contribution in [2.45, 2.75) is 51.9 Å². The number of carbonyl (C=O) groups excluding carboxylic acids is 1. The maximum atomic E-state index is 12.7. The number of amides is 1. The topological polar surface area (TPSA) is 29.1 Å². The second-order valence-corrected chi connectivity index (χ2v) is 7.19. The summed E-state index contributed by atoms with van der Waals surface area (Å²) in [7, 11) is 0. The van der Waals surface area contributed by atoms with E-state index in [4.69, 9.17) is 0 Å². The zero-order chi connectivity index (χ0) is 18.9. The summed E-state index contributed by atoms with van der Waals surface area (Å²) in [6, 6.07) is 22.2. The SMILES string of the molecule is CCCCCCCCc1ccccc1NC(=O)c1ccc2ccccc2c1. The Balaban J connectivity index is 1.63. The molecule has 3 rings (SSSR count). The molecule has 0 radical (unpaired) electrons. The lowest BCUT2D eigenvalue weighted by Crippen LogP contribution is -2.13. The van der Waals surface area contributed by atoms with Crippen LogP contribution in [0.4, 0.5) is 5.69 Å². The quantitative estimate of drug-likeness (QED) is 0.410. The van der Waals surface area contributed by atoms with Crippen LogP contribution in [0.15, 0.2) is 66.7 Å². The number of hydrogen-bond acceptors (Lipinski definition) is 1. The van der Waals surface area contributed by atoms with E-state index in [1.54, 1.807) is 0 Å². The predicted molar refractivity (Wildman–Crippen MR) is 115 cm³/mol. The van der Waals surface area contributed by atoms with Crippen LogP contribution in [-0.2, 0) is 6.42 Å². The highest BCUT2D eigenvalue weighted by atomic mass is 16.1. The Kier molecular flexibility index (Phi) is 7.04. The first-order chi connectivity index (χ1) is 13.3. The number of unbranched alkanes of at least 4 members (excludes halogenated alkanes) is 5. The standard InChI is InChI=1S/C25H29NO/c1-2-3-4-5-6-7-13-21-14-10-11-16-24(21)26-25(27)23-18-17-20-12-8-9-15-22(20)19-23/h8-12,14-19H,2-7,13H2,1H3,(H,26,27). The molecule has 0 aliphatic carbocycles. The average Bonchev–Trinajstić information content (AvgIpc) is 2.71. The monoisotopic (exact) mass is 359 g/mol. The number of rotatable bonds is 9. The lowest BCUT2D eigenvalue weighted by atomic mass is 10.0. The van der Waals surface area contributed by atoms with Crippen LogP contribution in [0.5, 0.6) is 0 Å². The highest BCUT2D eigenvalue weighted by Crippen LogP contribution is 2.21. The molecule has 2 heteroatoms. The molecule has 0 saturated heterocycles. The molecule has 3 aromatic rings. The van der Waals surface area contributed by atoms with E-state index < -0.39 is 0 Å². The van der Waals surface area contributed by atoms with Crippen molar-refractivity contribution in [3.05, 3.63) is 77.9 Å². The highest BCUT2D eigenvalue weighted by molar-refractivity contribution is 6.06. The molecule has 0 aromatic heterocycles. The summed E-state index contributed by atoms with van der Waals surface area (Å²) in [5.74, 6) is -0.0452. The molecule has 0 bridgehead atoms. The van der Waals surface area contributed by atoms with Crippen LogP contribution < -0.4 is 5.32 Å². The first kappa shape index (κ1) is 19.2. The van der Waals surface area contributed by atoms with Crippen LogP contribution in [0.25, 0.3) is 10.8 Å². The van der Waals surface area contributed by atoms with E-state index in [0.717, 1.165) is 22.9 Å². The van der Waals surface area contributed by atoms with Crippen molar-refractivity contribution in [3.8, 4) is 0 Å². The van der Waals surface area contributed by atoms with Gasteiger partial charge in [0, 0.05) is 11.3 Å². The number of benzene rings is 3. The molecule has 0 fully saturated rings. The van der Waals surface area contributed by atoms with Crippen LogP contribution in [0, 0.1) is 0 Å². The Morgan fingerprint density at radius 2 is 1.48 bits per heavy atom. The van der Waals surface area contributed by atoms with Crippen LogP contribution in [0.2, 0.25) is 0 Å². The van der Waals surface area contributed by atoms with Gasteiger partial charge < -0.3 is 5.32 Å². The Labute approximate surface area is 162 Å². The third kappa shape index (κ3) is 5.43. The number of carbonyl (C=O) groups is 1. The van der Waals surface area contributed by atoms with E-state index >= 15 is 0 Å².